The fourth-order valence-electron chi connectivity index (χ4n) is 1.30. The second-order valence-corrected chi connectivity index (χ2v) is 5.95. The van der Waals surface area contributed by atoms with E-state index < -0.39 is 0 Å². The maximum absolute atomic E-state index is 11.7. The number of carbonyl (C=O) groups excluding carboxylic acids is 1. The molecule has 0 N–H and O–H groups in total. The predicted octanol–water partition coefficient (Wildman–Crippen LogP) is 3.84. The van der Waals surface area contributed by atoms with Gasteiger partial charge in [-0.25, -0.2) is 4.79 Å². The molecule has 0 saturated heterocycles. The van der Waals surface area contributed by atoms with Crippen molar-refractivity contribution >= 4 is 65.9 Å². The fourth-order valence-corrected chi connectivity index (χ4v) is 4.63. The van der Waals surface area contributed by atoms with Crippen LogP contribution in [-0.2, 0) is 4.74 Å². The van der Waals surface area contributed by atoms with Crippen molar-refractivity contribution in [3.8, 4) is 0 Å². The first kappa shape index (κ1) is 12.3. The van der Waals surface area contributed by atoms with E-state index in [4.69, 9.17) is 4.74 Å². The van der Waals surface area contributed by atoms with Crippen molar-refractivity contribution in [1.82, 2.24) is 4.98 Å². The van der Waals surface area contributed by atoms with Gasteiger partial charge < -0.3 is 4.74 Å². The first-order chi connectivity index (χ1) is 7.65. The number of hydrogen-bond acceptors (Lipinski definition) is 4. The second kappa shape index (κ2) is 4.97. The van der Waals surface area contributed by atoms with Gasteiger partial charge >= 0.3 is 5.97 Å². The predicted molar refractivity (Wildman–Crippen MR) is 76.0 cm³/mol. The first-order valence-electron chi connectivity index (χ1n) is 4.53. The zero-order chi connectivity index (χ0) is 11.7. The van der Waals surface area contributed by atoms with Crippen LogP contribution in [0.15, 0.2) is 16.9 Å². The van der Waals surface area contributed by atoms with Crippen molar-refractivity contribution < 1.29 is 9.53 Å². The summed E-state index contributed by atoms with van der Waals surface area (Å²) >= 11 is 7.01. The Morgan fingerprint density at radius 1 is 1.62 bits per heavy atom. The lowest BCUT2D eigenvalue weighted by Crippen LogP contribution is -2.03. The van der Waals surface area contributed by atoms with Crippen LogP contribution in [-0.4, -0.2) is 17.6 Å². The Hall–Kier alpha value is -0.210. The molecule has 0 atom stereocenters. The molecule has 2 aromatic rings. The number of nitrogens with zero attached hydrogens (tertiary/aromatic N) is 1. The monoisotopic (exact) mass is 411 g/mol. The Kier molecular flexibility index (Phi) is 3.81. The Bertz CT molecular complexity index is 555. The topological polar surface area (TPSA) is 39.2 Å². The largest absolute Gasteiger partial charge is 0.462 e. The number of hydrogen-bond donors (Lipinski definition) is 0. The molecule has 0 aromatic carbocycles. The van der Waals surface area contributed by atoms with Gasteiger partial charge in [0.15, 0.2) is 0 Å². The lowest BCUT2D eigenvalue weighted by Gasteiger charge is -1.98. The Morgan fingerprint density at radius 2 is 2.38 bits per heavy atom. The van der Waals surface area contributed by atoms with Crippen LogP contribution in [0.3, 0.4) is 0 Å². The van der Waals surface area contributed by atoms with Crippen LogP contribution in [0.25, 0.3) is 10.1 Å². The van der Waals surface area contributed by atoms with Gasteiger partial charge in [0, 0.05) is 25.8 Å². The highest BCUT2D eigenvalue weighted by Gasteiger charge is 2.19. The standard InChI is InChI=1S/C10H7BrINO2S/c1-2-15-10(14)9-8(12)7-5(11)3-13-4-6(7)16-9/h3-4H,2H2,1H3. The number of esters is 1. The van der Waals surface area contributed by atoms with Crippen LogP contribution in [0.4, 0.5) is 0 Å². The number of ether oxygens (including phenoxy) is 1. The quantitative estimate of drug-likeness (QED) is 0.556. The third-order valence-corrected chi connectivity index (χ3v) is 5.11. The maximum Gasteiger partial charge on any atom is 0.349 e. The molecule has 0 saturated carbocycles. The second-order valence-electron chi connectivity index (χ2n) is 2.96. The van der Waals surface area contributed by atoms with Gasteiger partial charge in [-0.05, 0) is 45.4 Å². The molecule has 16 heavy (non-hydrogen) atoms. The highest BCUT2D eigenvalue weighted by Crippen LogP contribution is 2.36. The van der Waals surface area contributed by atoms with Crippen LogP contribution >= 0.6 is 49.9 Å². The van der Waals surface area contributed by atoms with E-state index in [0.29, 0.717) is 11.5 Å². The summed E-state index contributed by atoms with van der Waals surface area (Å²) in [5, 5.41) is 1.03. The lowest BCUT2D eigenvalue weighted by molar-refractivity contribution is 0.0531. The third kappa shape index (κ3) is 2.10. The van der Waals surface area contributed by atoms with Gasteiger partial charge in [-0.2, -0.15) is 0 Å². The molecule has 0 radical (unpaired) electrons. The number of pyridine rings is 1. The summed E-state index contributed by atoms with van der Waals surface area (Å²) < 4.78 is 7.82. The fraction of sp³-hybridized carbons (Fsp3) is 0.200. The summed E-state index contributed by atoms with van der Waals surface area (Å²) in [5.41, 5.74) is 0. The lowest BCUT2D eigenvalue weighted by atomic mass is 10.3. The minimum atomic E-state index is -0.264. The number of halogens is 2. The normalized spacial score (nSPS) is 10.7. The summed E-state index contributed by atoms with van der Waals surface area (Å²) in [6, 6.07) is 0. The van der Waals surface area contributed by atoms with Crippen molar-refractivity contribution in [2.24, 2.45) is 0 Å². The molecule has 0 aliphatic heterocycles. The molecule has 0 aliphatic carbocycles. The summed E-state index contributed by atoms with van der Waals surface area (Å²) in [5.74, 6) is -0.264. The van der Waals surface area contributed by atoms with E-state index in [-0.39, 0.29) is 5.97 Å². The molecule has 0 spiro atoms. The van der Waals surface area contributed by atoms with E-state index in [1.807, 2.05) is 0 Å². The molecule has 6 heteroatoms. The smallest absolute Gasteiger partial charge is 0.349 e. The van der Waals surface area contributed by atoms with Crippen LogP contribution in [0.2, 0.25) is 0 Å². The molecule has 2 aromatic heterocycles. The SMILES string of the molecule is CCOC(=O)c1sc2cncc(Br)c2c1I. The van der Waals surface area contributed by atoms with Crippen LogP contribution in [0, 0.1) is 3.57 Å². The zero-order valence-electron chi connectivity index (χ0n) is 8.29. The van der Waals surface area contributed by atoms with E-state index in [1.54, 1.807) is 19.3 Å². The number of fused-ring (bicyclic) bond motifs is 1. The van der Waals surface area contributed by atoms with Gasteiger partial charge in [-0.3, -0.25) is 4.98 Å². The molecule has 2 heterocycles. The van der Waals surface area contributed by atoms with E-state index in [0.717, 1.165) is 18.1 Å². The zero-order valence-corrected chi connectivity index (χ0v) is 12.8. The molecule has 3 nitrogen and oxygen atoms in total. The van der Waals surface area contributed by atoms with E-state index in [2.05, 4.69) is 43.5 Å². The van der Waals surface area contributed by atoms with Crippen molar-refractivity contribution in [3.63, 3.8) is 0 Å². The number of aromatic nitrogens is 1. The van der Waals surface area contributed by atoms with Crippen molar-refractivity contribution in [3.05, 3.63) is 25.3 Å². The van der Waals surface area contributed by atoms with E-state index >= 15 is 0 Å². The molecule has 2 rings (SSSR count). The van der Waals surface area contributed by atoms with Crippen LogP contribution < -0.4 is 0 Å². The molecular weight excluding hydrogens is 405 g/mol. The van der Waals surface area contributed by atoms with Crippen molar-refractivity contribution in [1.29, 1.82) is 0 Å². The van der Waals surface area contributed by atoms with Crippen LogP contribution in [0.5, 0.6) is 0 Å². The van der Waals surface area contributed by atoms with Crippen molar-refractivity contribution in [2.45, 2.75) is 6.92 Å². The number of rotatable bonds is 2. The first-order valence-corrected chi connectivity index (χ1v) is 7.22. The van der Waals surface area contributed by atoms with Gasteiger partial charge in [-0.15, -0.1) is 11.3 Å². The molecule has 0 amide bonds. The summed E-state index contributed by atoms with van der Waals surface area (Å²) in [6.07, 6.45) is 3.49. The maximum atomic E-state index is 11.7. The van der Waals surface area contributed by atoms with E-state index in [1.165, 1.54) is 11.3 Å². The highest BCUT2D eigenvalue weighted by atomic mass is 127. The molecule has 0 unspecified atom stereocenters. The molecule has 84 valence electrons. The van der Waals surface area contributed by atoms with Gasteiger partial charge in [0.2, 0.25) is 0 Å². The van der Waals surface area contributed by atoms with Crippen molar-refractivity contribution in [2.75, 3.05) is 6.61 Å². The number of thiophene rings is 1. The average molecular weight is 412 g/mol. The van der Waals surface area contributed by atoms with Gasteiger partial charge in [0.1, 0.15) is 4.88 Å². The average Bonchev–Trinajstić information content (AvgIpc) is 2.58. The van der Waals surface area contributed by atoms with Gasteiger partial charge in [0.25, 0.3) is 0 Å². The third-order valence-electron chi connectivity index (χ3n) is 1.96. The molecular formula is C10H7BrINO2S. The Balaban J connectivity index is 2.61. The molecule has 0 aliphatic rings. The Morgan fingerprint density at radius 3 is 3.00 bits per heavy atom. The molecule has 0 fully saturated rings. The summed E-state index contributed by atoms with van der Waals surface area (Å²) in [7, 11) is 0. The molecule has 0 bridgehead atoms. The van der Waals surface area contributed by atoms with E-state index in [9.17, 15) is 4.79 Å². The summed E-state index contributed by atoms with van der Waals surface area (Å²) in [6.45, 7) is 2.19. The van der Waals surface area contributed by atoms with Gasteiger partial charge in [-0.1, -0.05) is 0 Å². The Labute approximate surface area is 118 Å². The highest BCUT2D eigenvalue weighted by molar-refractivity contribution is 14.1. The van der Waals surface area contributed by atoms with Gasteiger partial charge in [0.05, 0.1) is 11.3 Å². The summed E-state index contributed by atoms with van der Waals surface area (Å²) in [4.78, 5) is 16.4. The minimum Gasteiger partial charge on any atom is -0.462 e. The minimum absolute atomic E-state index is 0.264. The number of carbonyl (C=O) groups is 1. The van der Waals surface area contributed by atoms with Crippen LogP contribution in [0.1, 0.15) is 16.6 Å².